The van der Waals surface area contributed by atoms with Crippen molar-refractivity contribution in [3.05, 3.63) is 107 Å². The first kappa shape index (κ1) is 29.9. The minimum Gasteiger partial charge on any atom is -0.444 e. The SMILES string of the molecule is Cc1cccc(C(CCNCCC2CCN(C(=O)OC(C)(C)C)CC2)c2cn(Cc3ccccc3)c3ccccc23)c1. The number of hydrogen-bond donors (Lipinski definition) is 1. The first-order valence-corrected chi connectivity index (χ1v) is 15.6. The third-order valence-electron chi connectivity index (χ3n) is 8.44. The van der Waals surface area contributed by atoms with Gasteiger partial charge in [0.2, 0.25) is 0 Å². The van der Waals surface area contributed by atoms with Crippen molar-refractivity contribution in [1.29, 1.82) is 0 Å². The van der Waals surface area contributed by atoms with Crippen molar-refractivity contribution in [2.24, 2.45) is 5.92 Å². The number of piperidine rings is 1. The molecule has 0 spiro atoms. The first-order chi connectivity index (χ1) is 20.3. The van der Waals surface area contributed by atoms with Gasteiger partial charge in [-0.2, -0.15) is 0 Å². The minimum atomic E-state index is -0.440. The van der Waals surface area contributed by atoms with Crippen molar-refractivity contribution in [2.45, 2.75) is 71.4 Å². The Balaban J connectivity index is 1.22. The number of rotatable bonds is 10. The lowest BCUT2D eigenvalue weighted by molar-refractivity contribution is 0.0181. The molecule has 1 atom stereocenters. The molecule has 1 aliphatic heterocycles. The molecule has 1 aromatic heterocycles. The van der Waals surface area contributed by atoms with Gasteiger partial charge in [0.15, 0.2) is 0 Å². The van der Waals surface area contributed by atoms with Crippen molar-refractivity contribution >= 4 is 17.0 Å². The zero-order valence-electron chi connectivity index (χ0n) is 25.8. The molecule has 1 aliphatic rings. The van der Waals surface area contributed by atoms with E-state index in [2.05, 4.69) is 102 Å². The molecule has 2 heterocycles. The molecule has 3 aromatic carbocycles. The van der Waals surface area contributed by atoms with Crippen LogP contribution >= 0.6 is 0 Å². The van der Waals surface area contributed by atoms with Crippen molar-refractivity contribution in [1.82, 2.24) is 14.8 Å². The molecule has 1 unspecified atom stereocenters. The number of nitrogens with zero attached hydrogens (tertiary/aromatic N) is 2. The van der Waals surface area contributed by atoms with Crippen molar-refractivity contribution in [3.63, 3.8) is 0 Å². The minimum absolute atomic E-state index is 0.175. The molecule has 222 valence electrons. The second-order valence-electron chi connectivity index (χ2n) is 12.9. The van der Waals surface area contributed by atoms with E-state index in [1.165, 1.54) is 33.2 Å². The van der Waals surface area contributed by atoms with Crippen molar-refractivity contribution in [2.75, 3.05) is 26.2 Å². The third kappa shape index (κ3) is 7.83. The Hall–Kier alpha value is -3.57. The van der Waals surface area contributed by atoms with E-state index in [1.807, 2.05) is 25.7 Å². The highest BCUT2D eigenvalue weighted by Gasteiger charge is 2.27. The van der Waals surface area contributed by atoms with Gasteiger partial charge in [-0.15, -0.1) is 0 Å². The van der Waals surface area contributed by atoms with Crippen LogP contribution < -0.4 is 5.32 Å². The Kier molecular flexibility index (Phi) is 9.69. The van der Waals surface area contributed by atoms with Gasteiger partial charge in [-0.05, 0) is 95.1 Å². The van der Waals surface area contributed by atoms with E-state index >= 15 is 0 Å². The second-order valence-corrected chi connectivity index (χ2v) is 12.9. The summed E-state index contributed by atoms with van der Waals surface area (Å²) in [7, 11) is 0. The number of hydrogen-bond acceptors (Lipinski definition) is 3. The number of fused-ring (bicyclic) bond motifs is 1. The number of ether oxygens (including phenoxy) is 1. The van der Waals surface area contributed by atoms with Crippen LogP contribution in [0.1, 0.15) is 74.6 Å². The number of carbonyl (C=O) groups is 1. The summed E-state index contributed by atoms with van der Waals surface area (Å²) < 4.78 is 7.98. The molecule has 1 fully saturated rings. The fourth-order valence-corrected chi connectivity index (χ4v) is 6.26. The number of aryl methyl sites for hydroxylation is 1. The van der Waals surface area contributed by atoms with Crippen LogP contribution in [0.3, 0.4) is 0 Å². The second kappa shape index (κ2) is 13.6. The smallest absolute Gasteiger partial charge is 0.410 e. The zero-order valence-corrected chi connectivity index (χ0v) is 25.8. The summed E-state index contributed by atoms with van der Waals surface area (Å²) in [5.74, 6) is 0.969. The van der Waals surface area contributed by atoms with Gasteiger partial charge in [0, 0.05) is 42.7 Å². The average Bonchev–Trinajstić information content (AvgIpc) is 3.32. The molecule has 0 radical (unpaired) electrons. The molecule has 42 heavy (non-hydrogen) atoms. The number of carbonyl (C=O) groups excluding carboxylic acids is 1. The van der Waals surface area contributed by atoms with Crippen LogP contribution in [0, 0.1) is 12.8 Å². The number of benzene rings is 3. The van der Waals surface area contributed by atoms with Crippen LogP contribution in [-0.4, -0.2) is 47.3 Å². The molecule has 5 nitrogen and oxygen atoms in total. The maximum Gasteiger partial charge on any atom is 0.410 e. The van der Waals surface area contributed by atoms with Gasteiger partial charge in [0.25, 0.3) is 0 Å². The van der Waals surface area contributed by atoms with Gasteiger partial charge >= 0.3 is 6.09 Å². The highest BCUT2D eigenvalue weighted by molar-refractivity contribution is 5.85. The van der Waals surface area contributed by atoms with Gasteiger partial charge in [-0.3, -0.25) is 0 Å². The van der Waals surface area contributed by atoms with Crippen molar-refractivity contribution in [3.8, 4) is 0 Å². The van der Waals surface area contributed by atoms with E-state index in [-0.39, 0.29) is 6.09 Å². The molecule has 5 rings (SSSR count). The number of amides is 1. The maximum atomic E-state index is 12.4. The summed E-state index contributed by atoms with van der Waals surface area (Å²) in [5, 5.41) is 5.11. The predicted octanol–water partition coefficient (Wildman–Crippen LogP) is 8.15. The molecular weight excluding hydrogens is 518 g/mol. The molecule has 0 aliphatic carbocycles. The summed E-state index contributed by atoms with van der Waals surface area (Å²) in [5.41, 5.74) is 6.26. The highest BCUT2D eigenvalue weighted by Crippen LogP contribution is 2.35. The number of nitrogens with one attached hydrogen (secondary N) is 1. The highest BCUT2D eigenvalue weighted by atomic mass is 16.6. The number of likely N-dealkylation sites (tertiary alicyclic amines) is 1. The van der Waals surface area contributed by atoms with Crippen LogP contribution in [0.4, 0.5) is 4.79 Å². The van der Waals surface area contributed by atoms with Gasteiger partial charge in [0.05, 0.1) is 0 Å². The summed E-state index contributed by atoms with van der Waals surface area (Å²) in [6.07, 6.45) is 6.50. The molecule has 0 saturated carbocycles. The molecule has 0 bridgehead atoms. The molecular formula is C37H47N3O2. The van der Waals surface area contributed by atoms with Crippen molar-refractivity contribution < 1.29 is 9.53 Å². The Labute approximate surface area is 251 Å². The van der Waals surface area contributed by atoms with Gasteiger partial charge < -0.3 is 19.5 Å². The Morgan fingerprint density at radius 1 is 0.952 bits per heavy atom. The molecule has 5 heteroatoms. The number of aromatic nitrogens is 1. The Morgan fingerprint density at radius 2 is 1.69 bits per heavy atom. The quantitative estimate of drug-likeness (QED) is 0.197. The lowest BCUT2D eigenvalue weighted by Gasteiger charge is -2.33. The van der Waals surface area contributed by atoms with E-state index < -0.39 is 5.60 Å². The molecule has 1 saturated heterocycles. The summed E-state index contributed by atoms with van der Waals surface area (Å²) in [6, 6.07) is 28.6. The summed E-state index contributed by atoms with van der Waals surface area (Å²) in [4.78, 5) is 14.3. The fourth-order valence-electron chi connectivity index (χ4n) is 6.26. The maximum absolute atomic E-state index is 12.4. The van der Waals surface area contributed by atoms with E-state index in [1.54, 1.807) is 0 Å². The molecule has 4 aromatic rings. The predicted molar refractivity (Wildman–Crippen MR) is 173 cm³/mol. The van der Waals surface area contributed by atoms with E-state index in [0.29, 0.717) is 11.8 Å². The lowest BCUT2D eigenvalue weighted by Crippen LogP contribution is -2.42. The number of para-hydroxylation sites is 1. The van der Waals surface area contributed by atoms with E-state index in [0.717, 1.165) is 58.4 Å². The lowest BCUT2D eigenvalue weighted by atomic mass is 9.87. The first-order valence-electron chi connectivity index (χ1n) is 15.6. The largest absolute Gasteiger partial charge is 0.444 e. The molecule has 1 amide bonds. The fraction of sp³-hybridized carbons (Fsp3) is 0.432. The third-order valence-corrected chi connectivity index (χ3v) is 8.44. The topological polar surface area (TPSA) is 46.5 Å². The summed E-state index contributed by atoms with van der Waals surface area (Å²) >= 11 is 0. The van der Waals surface area contributed by atoms with Crippen LogP contribution in [0.15, 0.2) is 85.1 Å². The Morgan fingerprint density at radius 3 is 2.43 bits per heavy atom. The van der Waals surface area contributed by atoms with E-state index in [9.17, 15) is 4.79 Å². The van der Waals surface area contributed by atoms with Gasteiger partial charge in [-0.1, -0.05) is 78.4 Å². The van der Waals surface area contributed by atoms with E-state index in [4.69, 9.17) is 4.74 Å². The van der Waals surface area contributed by atoms with Gasteiger partial charge in [0.1, 0.15) is 5.60 Å². The van der Waals surface area contributed by atoms with Crippen LogP contribution in [0.2, 0.25) is 0 Å². The van der Waals surface area contributed by atoms with Crippen LogP contribution in [-0.2, 0) is 11.3 Å². The van der Waals surface area contributed by atoms with Gasteiger partial charge in [-0.25, -0.2) is 4.79 Å². The zero-order chi connectivity index (χ0) is 29.5. The van der Waals surface area contributed by atoms with Crippen LogP contribution in [0.5, 0.6) is 0 Å². The summed E-state index contributed by atoms with van der Waals surface area (Å²) in [6.45, 7) is 12.4. The Bertz CT molecular complexity index is 1440. The molecule has 1 N–H and O–H groups in total. The average molecular weight is 566 g/mol. The standard InChI is InChI=1S/C37H47N3O2/c1-28-11-10-14-31(25-28)32(18-22-38-21-17-29-19-23-39(24-20-29)36(41)42-37(2,3)4)34-27-40(26-30-12-6-5-7-13-30)35-16-9-8-15-33(34)35/h5-16,25,27,29,32,38H,17-24,26H2,1-4H3. The normalized spacial score (nSPS) is 15.2. The van der Waals surface area contributed by atoms with Crippen LogP contribution in [0.25, 0.3) is 10.9 Å². The monoisotopic (exact) mass is 565 g/mol.